The van der Waals surface area contributed by atoms with Gasteiger partial charge >= 0.3 is 0 Å². The van der Waals surface area contributed by atoms with Crippen LogP contribution in [0.15, 0.2) is 35.9 Å². The van der Waals surface area contributed by atoms with Crippen LogP contribution in [0.4, 0.5) is 0 Å². The molecule has 7 heteroatoms. The molecule has 0 aliphatic carbocycles. The molecule has 3 heterocycles. The summed E-state index contributed by atoms with van der Waals surface area (Å²) in [5.74, 6) is 1.35. The molecule has 0 bridgehead atoms. The Morgan fingerprint density at radius 3 is 3.12 bits per heavy atom. The van der Waals surface area contributed by atoms with Crippen LogP contribution in [0.5, 0.6) is 0 Å². The monoisotopic (exact) mass is 232 g/mol. The topological polar surface area (TPSA) is 71.8 Å². The molecule has 1 N–H and O–H groups in total. The third-order valence-electron chi connectivity index (χ3n) is 2.06. The molecule has 0 amide bonds. The lowest BCUT2D eigenvalue weighted by molar-refractivity contribution is 0.821. The fourth-order valence-electron chi connectivity index (χ4n) is 1.32. The summed E-state index contributed by atoms with van der Waals surface area (Å²) in [6.07, 6.45) is 3.38. The predicted molar refractivity (Wildman–Crippen MR) is 58.9 cm³/mol. The van der Waals surface area contributed by atoms with Crippen LogP contribution in [-0.4, -0.2) is 29.8 Å². The number of aromatic nitrogens is 6. The zero-order chi connectivity index (χ0) is 10.8. The van der Waals surface area contributed by atoms with Gasteiger partial charge < -0.3 is 0 Å². The van der Waals surface area contributed by atoms with E-state index in [1.165, 1.54) is 0 Å². The Morgan fingerprint density at radius 1 is 1.25 bits per heavy atom. The van der Waals surface area contributed by atoms with E-state index in [1.54, 1.807) is 28.8 Å². The Hall–Kier alpha value is -1.89. The molecule has 3 rings (SSSR count). The Labute approximate surface area is 95.1 Å². The summed E-state index contributed by atoms with van der Waals surface area (Å²) in [5, 5.41) is 11.7. The third-order valence-corrected chi connectivity index (χ3v) is 3.02. The van der Waals surface area contributed by atoms with E-state index in [1.807, 2.05) is 18.2 Å². The number of pyridine rings is 1. The molecule has 0 saturated carbocycles. The first-order valence-electron chi connectivity index (χ1n) is 4.71. The number of hydrogen-bond acceptors (Lipinski definition) is 5. The van der Waals surface area contributed by atoms with Gasteiger partial charge in [0.15, 0.2) is 0 Å². The van der Waals surface area contributed by atoms with Gasteiger partial charge in [0.1, 0.15) is 6.33 Å². The molecule has 0 aliphatic rings. The maximum atomic E-state index is 4.24. The van der Waals surface area contributed by atoms with Gasteiger partial charge in [-0.1, -0.05) is 17.8 Å². The second kappa shape index (κ2) is 3.93. The minimum atomic E-state index is 0.587. The number of H-pyrrole nitrogens is 1. The summed E-state index contributed by atoms with van der Waals surface area (Å²) in [6.45, 7) is 0. The molecular formula is C9H8N6S. The first kappa shape index (κ1) is 9.34. The number of nitrogens with zero attached hydrogens (tertiary/aromatic N) is 5. The lowest BCUT2D eigenvalue weighted by Gasteiger charge is -1.97. The molecule has 0 spiro atoms. The van der Waals surface area contributed by atoms with Crippen LogP contribution in [-0.2, 0) is 5.75 Å². The summed E-state index contributed by atoms with van der Waals surface area (Å²) in [6, 6.07) is 5.86. The van der Waals surface area contributed by atoms with Crippen LogP contribution in [0, 0.1) is 0 Å². The van der Waals surface area contributed by atoms with Crippen molar-refractivity contribution in [1.29, 1.82) is 0 Å². The van der Waals surface area contributed by atoms with E-state index < -0.39 is 0 Å². The van der Waals surface area contributed by atoms with Crippen molar-refractivity contribution < 1.29 is 0 Å². The number of fused-ring (bicyclic) bond motifs is 1. The van der Waals surface area contributed by atoms with Crippen molar-refractivity contribution in [2.75, 3.05) is 0 Å². The van der Waals surface area contributed by atoms with Crippen LogP contribution in [0.1, 0.15) is 5.69 Å². The smallest absolute Gasteiger partial charge is 0.272 e. The van der Waals surface area contributed by atoms with Crippen LogP contribution in [0.2, 0.25) is 0 Å². The highest BCUT2D eigenvalue weighted by Crippen LogP contribution is 2.19. The van der Waals surface area contributed by atoms with E-state index in [0.29, 0.717) is 5.78 Å². The molecule has 0 radical (unpaired) electrons. The summed E-state index contributed by atoms with van der Waals surface area (Å²) < 4.78 is 1.74. The highest BCUT2D eigenvalue weighted by atomic mass is 32.2. The van der Waals surface area contributed by atoms with Crippen LogP contribution >= 0.6 is 11.8 Å². The van der Waals surface area contributed by atoms with Gasteiger partial charge in [-0.05, 0) is 12.1 Å². The second-order valence-electron chi connectivity index (χ2n) is 3.12. The van der Waals surface area contributed by atoms with Crippen LogP contribution < -0.4 is 0 Å². The molecule has 3 aromatic heterocycles. The zero-order valence-corrected chi connectivity index (χ0v) is 9.05. The number of rotatable bonds is 3. The Balaban J connectivity index is 1.79. The number of hydrogen-bond donors (Lipinski definition) is 1. The van der Waals surface area contributed by atoms with Gasteiger partial charge in [0, 0.05) is 11.9 Å². The maximum Gasteiger partial charge on any atom is 0.272 e. The lowest BCUT2D eigenvalue weighted by atomic mass is 10.4. The average molecular weight is 232 g/mol. The fourth-order valence-corrected chi connectivity index (χ4v) is 2.13. The van der Waals surface area contributed by atoms with E-state index in [-0.39, 0.29) is 0 Å². The van der Waals surface area contributed by atoms with Gasteiger partial charge in [-0.2, -0.15) is 9.50 Å². The largest absolute Gasteiger partial charge is 0.278 e. The Kier molecular flexibility index (Phi) is 2.30. The van der Waals surface area contributed by atoms with Crippen molar-refractivity contribution in [3.63, 3.8) is 0 Å². The second-order valence-corrected chi connectivity index (χ2v) is 4.06. The van der Waals surface area contributed by atoms with Crippen molar-refractivity contribution in [2.45, 2.75) is 10.9 Å². The number of nitrogens with one attached hydrogen (secondary N) is 1. The molecule has 80 valence electrons. The minimum Gasteiger partial charge on any atom is -0.278 e. The minimum absolute atomic E-state index is 0.587. The molecule has 0 aliphatic heterocycles. The van der Waals surface area contributed by atoms with E-state index in [9.17, 15) is 0 Å². The van der Waals surface area contributed by atoms with E-state index in [4.69, 9.17) is 0 Å². The van der Waals surface area contributed by atoms with E-state index >= 15 is 0 Å². The van der Waals surface area contributed by atoms with Crippen molar-refractivity contribution in [1.82, 2.24) is 29.8 Å². The van der Waals surface area contributed by atoms with E-state index in [0.717, 1.165) is 16.6 Å². The van der Waals surface area contributed by atoms with Gasteiger partial charge in [-0.15, -0.1) is 10.2 Å². The molecule has 0 unspecified atom stereocenters. The normalized spacial score (nSPS) is 11.0. The van der Waals surface area contributed by atoms with Gasteiger partial charge in [0.25, 0.3) is 5.78 Å². The SMILES string of the molecule is c1ccc(CSc2nnc3nc[nH]n23)nc1. The van der Waals surface area contributed by atoms with Gasteiger partial charge in [0.2, 0.25) is 5.16 Å². The molecule has 0 saturated heterocycles. The highest BCUT2D eigenvalue weighted by molar-refractivity contribution is 7.98. The molecule has 3 aromatic rings. The lowest BCUT2D eigenvalue weighted by Crippen LogP contribution is -1.89. The van der Waals surface area contributed by atoms with Gasteiger partial charge in [-0.3, -0.25) is 10.1 Å². The first-order chi connectivity index (χ1) is 7.93. The third kappa shape index (κ3) is 1.65. The average Bonchev–Trinajstić information content (AvgIpc) is 2.90. The van der Waals surface area contributed by atoms with Crippen molar-refractivity contribution in [3.8, 4) is 0 Å². The summed E-state index contributed by atoms with van der Waals surface area (Å²) in [4.78, 5) is 8.24. The summed E-state index contributed by atoms with van der Waals surface area (Å²) in [5.41, 5.74) is 1.02. The predicted octanol–water partition coefficient (Wildman–Crippen LogP) is 1.14. The fraction of sp³-hybridized carbons (Fsp3) is 0.111. The summed E-state index contributed by atoms with van der Waals surface area (Å²) >= 11 is 1.57. The molecular weight excluding hydrogens is 224 g/mol. The zero-order valence-electron chi connectivity index (χ0n) is 8.24. The molecule has 0 aromatic carbocycles. The van der Waals surface area contributed by atoms with Crippen molar-refractivity contribution >= 4 is 17.5 Å². The molecule has 16 heavy (non-hydrogen) atoms. The maximum absolute atomic E-state index is 4.24. The van der Waals surface area contributed by atoms with Crippen molar-refractivity contribution in [2.24, 2.45) is 0 Å². The molecule has 0 atom stereocenters. The van der Waals surface area contributed by atoms with Gasteiger partial charge in [0.05, 0.1) is 5.69 Å². The standard InChI is InChI=1S/C9H8N6S/c1-2-4-10-7(3-1)5-16-9-14-13-8-11-6-12-15(8)9/h1-4,6H,5H2,(H,11,12,13). The van der Waals surface area contributed by atoms with E-state index in [2.05, 4.69) is 25.3 Å². The Morgan fingerprint density at radius 2 is 2.25 bits per heavy atom. The van der Waals surface area contributed by atoms with Gasteiger partial charge in [-0.25, -0.2) is 0 Å². The molecule has 0 fully saturated rings. The Bertz CT molecular complexity index is 586. The molecule has 6 nitrogen and oxygen atoms in total. The van der Waals surface area contributed by atoms with Crippen LogP contribution in [0.3, 0.4) is 0 Å². The first-order valence-corrected chi connectivity index (χ1v) is 5.69. The van der Waals surface area contributed by atoms with Crippen molar-refractivity contribution in [3.05, 3.63) is 36.4 Å². The number of thioether (sulfide) groups is 1. The van der Waals surface area contributed by atoms with Crippen LogP contribution in [0.25, 0.3) is 5.78 Å². The summed E-state index contributed by atoms with van der Waals surface area (Å²) in [7, 11) is 0. The number of aromatic amines is 1. The highest BCUT2D eigenvalue weighted by Gasteiger charge is 2.07. The quantitative estimate of drug-likeness (QED) is 0.685.